The van der Waals surface area contributed by atoms with Gasteiger partial charge in [0.2, 0.25) is 0 Å². The lowest BCUT2D eigenvalue weighted by molar-refractivity contribution is -0.140. The van der Waals surface area contributed by atoms with E-state index in [1.54, 1.807) is 43.5 Å². The highest BCUT2D eigenvalue weighted by atomic mass is 16.5. The first-order chi connectivity index (χ1) is 15.7. The maximum atomic E-state index is 13.1. The Balaban J connectivity index is 1.88. The zero-order valence-corrected chi connectivity index (χ0v) is 18.5. The van der Waals surface area contributed by atoms with Gasteiger partial charge in [-0.15, -0.1) is 0 Å². The van der Waals surface area contributed by atoms with Crippen LogP contribution in [0, 0.1) is 0 Å². The third kappa shape index (κ3) is 5.38. The predicted molar refractivity (Wildman–Crippen MR) is 122 cm³/mol. The molecule has 0 unspecified atom stereocenters. The van der Waals surface area contributed by atoms with Crippen molar-refractivity contribution in [1.29, 1.82) is 0 Å². The molecule has 0 radical (unpaired) electrons. The minimum absolute atomic E-state index is 0.0721. The van der Waals surface area contributed by atoms with Crippen LogP contribution in [0.25, 0.3) is 6.08 Å². The van der Waals surface area contributed by atoms with Gasteiger partial charge >= 0.3 is 5.97 Å². The quantitative estimate of drug-likeness (QED) is 0.280. The number of benzene rings is 2. The van der Waals surface area contributed by atoms with E-state index in [1.807, 2.05) is 13.8 Å². The number of allylic oxidation sites excluding steroid dienone is 2. The number of hydrogen-bond donors (Lipinski definition) is 2. The lowest BCUT2D eigenvalue weighted by Gasteiger charge is -2.23. The van der Waals surface area contributed by atoms with Gasteiger partial charge in [0.15, 0.2) is 11.6 Å². The van der Waals surface area contributed by atoms with Crippen molar-refractivity contribution >= 4 is 23.6 Å². The maximum Gasteiger partial charge on any atom is 0.331 e. The molecule has 2 N–H and O–H groups in total. The predicted octanol–water partition coefficient (Wildman–Crippen LogP) is 4.39. The molecule has 33 heavy (non-hydrogen) atoms. The first kappa shape index (κ1) is 23.5. The van der Waals surface area contributed by atoms with Crippen LogP contribution >= 0.6 is 0 Å². The maximum absolute atomic E-state index is 13.1. The van der Waals surface area contributed by atoms with Gasteiger partial charge in [-0.3, -0.25) is 9.59 Å². The summed E-state index contributed by atoms with van der Waals surface area (Å²) in [5.74, 6) is -2.20. The summed E-state index contributed by atoms with van der Waals surface area (Å²) in [6.07, 6.45) is 4.71. The van der Waals surface area contributed by atoms with Crippen LogP contribution < -0.4 is 4.74 Å². The standard InChI is InChI=1S/C26H24O7/c1-15(2)4-12-22(33-23(30)13-7-16-5-8-17(32-3)9-6-16)18-14-21(29)24-19(27)10-11-20(28)25(24)26(18)31/h4-11,13-14,22,27-28H,12H2,1-3H3/b13-7+/t22-/m1/s1. The summed E-state index contributed by atoms with van der Waals surface area (Å²) >= 11 is 0. The molecule has 0 heterocycles. The van der Waals surface area contributed by atoms with E-state index in [2.05, 4.69) is 0 Å². The summed E-state index contributed by atoms with van der Waals surface area (Å²) in [6, 6.07) is 9.31. The van der Waals surface area contributed by atoms with Gasteiger partial charge in [-0.2, -0.15) is 0 Å². The van der Waals surface area contributed by atoms with Crippen LogP contribution in [0.4, 0.5) is 0 Å². The lowest BCUT2D eigenvalue weighted by Crippen LogP contribution is -2.28. The zero-order valence-electron chi connectivity index (χ0n) is 18.5. The van der Waals surface area contributed by atoms with Crippen molar-refractivity contribution in [1.82, 2.24) is 0 Å². The molecule has 0 aliphatic heterocycles. The van der Waals surface area contributed by atoms with Gasteiger partial charge < -0.3 is 19.7 Å². The number of ketones is 2. The number of methoxy groups -OCH3 is 1. The van der Waals surface area contributed by atoms with E-state index in [9.17, 15) is 24.6 Å². The molecule has 2 aromatic carbocycles. The minimum Gasteiger partial charge on any atom is -0.507 e. The summed E-state index contributed by atoms with van der Waals surface area (Å²) in [4.78, 5) is 38.3. The summed E-state index contributed by atoms with van der Waals surface area (Å²) in [5.41, 5.74) is 1.03. The Bertz CT molecular complexity index is 1180. The Kier molecular flexibility index (Phi) is 7.13. The summed E-state index contributed by atoms with van der Waals surface area (Å²) < 4.78 is 10.6. The largest absolute Gasteiger partial charge is 0.507 e. The molecule has 1 aliphatic rings. The molecule has 0 aromatic heterocycles. The topological polar surface area (TPSA) is 110 Å². The van der Waals surface area contributed by atoms with E-state index in [0.29, 0.717) is 5.75 Å². The number of aromatic hydroxyl groups is 2. The number of phenolic OH excluding ortho intramolecular Hbond substituents is 2. The van der Waals surface area contributed by atoms with Crippen molar-refractivity contribution in [2.75, 3.05) is 7.11 Å². The van der Waals surface area contributed by atoms with Crippen LogP contribution in [0.2, 0.25) is 0 Å². The molecule has 170 valence electrons. The molecule has 0 fully saturated rings. The highest BCUT2D eigenvalue weighted by molar-refractivity contribution is 6.27. The molecule has 0 saturated heterocycles. The van der Waals surface area contributed by atoms with Crippen molar-refractivity contribution in [3.05, 3.63) is 82.5 Å². The second kappa shape index (κ2) is 9.99. The average Bonchev–Trinajstić information content (AvgIpc) is 2.79. The van der Waals surface area contributed by atoms with E-state index in [0.717, 1.165) is 29.3 Å². The Hall–Kier alpha value is -4.13. The third-order valence-corrected chi connectivity index (χ3v) is 5.06. The van der Waals surface area contributed by atoms with E-state index in [4.69, 9.17) is 9.47 Å². The molecule has 7 heteroatoms. The lowest BCUT2D eigenvalue weighted by atomic mass is 9.85. The van der Waals surface area contributed by atoms with E-state index >= 15 is 0 Å². The van der Waals surface area contributed by atoms with Crippen LogP contribution in [0.15, 0.2) is 65.8 Å². The first-order valence-electron chi connectivity index (χ1n) is 10.2. The summed E-state index contributed by atoms with van der Waals surface area (Å²) in [6.45, 7) is 3.70. The van der Waals surface area contributed by atoms with Crippen LogP contribution in [0.1, 0.15) is 46.5 Å². The molecular weight excluding hydrogens is 424 g/mol. The van der Waals surface area contributed by atoms with Crippen molar-refractivity contribution < 1.29 is 34.1 Å². The molecule has 2 aromatic rings. The van der Waals surface area contributed by atoms with Crippen LogP contribution in [0.3, 0.4) is 0 Å². The minimum atomic E-state index is -1.06. The molecule has 3 rings (SSSR count). The monoisotopic (exact) mass is 448 g/mol. The van der Waals surface area contributed by atoms with Gasteiger partial charge in [0.25, 0.3) is 0 Å². The van der Waals surface area contributed by atoms with Gasteiger partial charge in [0.05, 0.1) is 18.2 Å². The fraction of sp³-hybridized carbons (Fsp3) is 0.192. The van der Waals surface area contributed by atoms with Crippen LogP contribution in [-0.4, -0.2) is 41.0 Å². The fourth-order valence-corrected chi connectivity index (χ4v) is 3.36. The number of ether oxygens (including phenoxy) is 2. The van der Waals surface area contributed by atoms with Gasteiger partial charge in [-0.1, -0.05) is 23.8 Å². The van der Waals surface area contributed by atoms with Gasteiger partial charge in [0, 0.05) is 18.1 Å². The highest BCUT2D eigenvalue weighted by Crippen LogP contribution is 2.36. The zero-order chi connectivity index (χ0) is 24.1. The Morgan fingerprint density at radius 1 is 1.00 bits per heavy atom. The van der Waals surface area contributed by atoms with Crippen molar-refractivity contribution in [3.63, 3.8) is 0 Å². The fourth-order valence-electron chi connectivity index (χ4n) is 3.36. The Labute approximate surface area is 191 Å². The van der Waals surface area contributed by atoms with Crippen LogP contribution in [-0.2, 0) is 9.53 Å². The number of Topliss-reactive ketones (excluding diaryl/α,β-unsaturated/α-hetero) is 1. The number of fused-ring (bicyclic) bond motifs is 1. The molecule has 7 nitrogen and oxygen atoms in total. The molecule has 1 atom stereocenters. The van der Waals surface area contributed by atoms with E-state index < -0.39 is 35.1 Å². The molecule has 0 saturated carbocycles. The van der Waals surface area contributed by atoms with E-state index in [-0.39, 0.29) is 23.1 Å². The van der Waals surface area contributed by atoms with Gasteiger partial charge in [-0.05, 0) is 55.8 Å². The van der Waals surface area contributed by atoms with Crippen LogP contribution in [0.5, 0.6) is 17.2 Å². The average molecular weight is 448 g/mol. The molecule has 1 aliphatic carbocycles. The molecule has 0 amide bonds. The van der Waals surface area contributed by atoms with Gasteiger partial charge in [0.1, 0.15) is 23.4 Å². The smallest absolute Gasteiger partial charge is 0.331 e. The Morgan fingerprint density at radius 2 is 1.64 bits per heavy atom. The highest BCUT2D eigenvalue weighted by Gasteiger charge is 2.35. The van der Waals surface area contributed by atoms with E-state index in [1.165, 1.54) is 6.08 Å². The van der Waals surface area contributed by atoms with Crippen molar-refractivity contribution in [2.24, 2.45) is 0 Å². The molecule has 0 spiro atoms. The number of rotatable bonds is 7. The molecular formula is C26H24O7. The summed E-state index contributed by atoms with van der Waals surface area (Å²) in [5, 5.41) is 20.2. The second-order valence-corrected chi connectivity index (χ2v) is 7.70. The Morgan fingerprint density at radius 3 is 2.24 bits per heavy atom. The number of hydrogen-bond acceptors (Lipinski definition) is 7. The first-order valence-corrected chi connectivity index (χ1v) is 10.2. The number of esters is 1. The SMILES string of the molecule is COc1ccc(/C=C/C(=O)O[C@H](CC=C(C)C)C2=CC(=O)c3c(O)ccc(O)c3C2=O)cc1. The van der Waals surface area contributed by atoms with Gasteiger partial charge in [-0.25, -0.2) is 4.79 Å². The van der Waals surface area contributed by atoms with Crippen molar-refractivity contribution in [2.45, 2.75) is 26.4 Å². The number of carbonyl (C=O) groups is 3. The summed E-state index contributed by atoms with van der Waals surface area (Å²) in [7, 11) is 1.56. The van der Waals surface area contributed by atoms with Crippen molar-refractivity contribution in [3.8, 4) is 17.2 Å². The second-order valence-electron chi connectivity index (χ2n) is 7.70. The number of carbonyl (C=O) groups excluding carboxylic acids is 3. The normalized spacial score (nSPS) is 13.8. The number of phenols is 2. The third-order valence-electron chi connectivity index (χ3n) is 5.06. The molecule has 0 bridgehead atoms.